The van der Waals surface area contributed by atoms with Gasteiger partial charge in [0.1, 0.15) is 0 Å². The molecule has 1 aliphatic rings. The maximum atomic E-state index is 5.36. The lowest BCUT2D eigenvalue weighted by atomic mass is 10.2. The quantitative estimate of drug-likeness (QED) is 0.627. The Morgan fingerprint density at radius 2 is 2.27 bits per heavy atom. The molecule has 0 aliphatic carbocycles. The molecule has 0 aromatic carbocycles. The van der Waals surface area contributed by atoms with Gasteiger partial charge in [-0.2, -0.15) is 0 Å². The second-order valence-electron chi connectivity index (χ2n) is 2.96. The maximum absolute atomic E-state index is 5.36. The van der Waals surface area contributed by atoms with Crippen LogP contribution in [-0.4, -0.2) is 49.8 Å². The smallest absolute Gasteiger partial charge is 0.0809 e. The highest BCUT2D eigenvalue weighted by Crippen LogP contribution is 2.39. The topological polar surface area (TPSA) is 12.5 Å². The molecule has 0 aromatic heterocycles. The van der Waals surface area contributed by atoms with Gasteiger partial charge in [-0.1, -0.05) is 21.6 Å². The molecule has 1 fully saturated rings. The van der Waals surface area contributed by atoms with Crippen molar-refractivity contribution >= 4 is 21.6 Å². The van der Waals surface area contributed by atoms with Gasteiger partial charge in [0.25, 0.3) is 0 Å². The van der Waals surface area contributed by atoms with Crippen LogP contribution in [0.3, 0.4) is 0 Å². The predicted octanol–water partition coefficient (Wildman–Crippen LogP) is 1.33. The molecule has 0 N–H and O–H groups in total. The minimum atomic E-state index is 0.451. The van der Waals surface area contributed by atoms with Crippen LogP contribution in [0.2, 0.25) is 0 Å². The highest BCUT2D eigenvalue weighted by atomic mass is 33.1. The molecule has 0 aromatic rings. The number of ether oxygens (including phenoxy) is 1. The summed E-state index contributed by atoms with van der Waals surface area (Å²) in [5, 5.41) is 0.653. The van der Waals surface area contributed by atoms with Crippen molar-refractivity contribution in [3.05, 3.63) is 0 Å². The second-order valence-corrected chi connectivity index (χ2v) is 5.61. The normalized spacial score (nSPS) is 31.6. The van der Waals surface area contributed by atoms with E-state index in [2.05, 4.69) is 19.0 Å². The molecular weight excluding hydrogens is 178 g/mol. The van der Waals surface area contributed by atoms with Gasteiger partial charge in [0.2, 0.25) is 0 Å². The van der Waals surface area contributed by atoms with Crippen LogP contribution in [0.25, 0.3) is 0 Å². The molecule has 1 rings (SSSR count). The molecule has 0 bridgehead atoms. The molecule has 11 heavy (non-hydrogen) atoms. The van der Waals surface area contributed by atoms with Crippen LogP contribution >= 0.6 is 21.6 Å². The van der Waals surface area contributed by atoms with Crippen LogP contribution in [0.1, 0.15) is 0 Å². The molecule has 0 spiro atoms. The Bertz CT molecular complexity index is 121. The summed E-state index contributed by atoms with van der Waals surface area (Å²) < 4.78 is 5.36. The van der Waals surface area contributed by atoms with Crippen molar-refractivity contribution in [2.75, 3.05) is 33.5 Å². The van der Waals surface area contributed by atoms with Crippen molar-refractivity contribution in [1.82, 2.24) is 4.90 Å². The average Bonchev–Trinajstić information content (AvgIpc) is 2.34. The van der Waals surface area contributed by atoms with Gasteiger partial charge in [-0.05, 0) is 14.1 Å². The largest absolute Gasteiger partial charge is 0.379 e. The summed E-state index contributed by atoms with van der Waals surface area (Å²) in [6, 6.07) is 0. The van der Waals surface area contributed by atoms with Crippen LogP contribution in [0, 0.1) is 0 Å². The second kappa shape index (κ2) is 4.60. The van der Waals surface area contributed by atoms with E-state index in [0.717, 1.165) is 12.3 Å². The van der Waals surface area contributed by atoms with E-state index in [1.54, 1.807) is 7.11 Å². The Balaban J connectivity index is 2.31. The van der Waals surface area contributed by atoms with Gasteiger partial charge < -0.3 is 9.64 Å². The van der Waals surface area contributed by atoms with Gasteiger partial charge in [0, 0.05) is 19.4 Å². The number of hydrogen-bond acceptors (Lipinski definition) is 4. The predicted molar refractivity (Wildman–Crippen MR) is 53.2 cm³/mol. The van der Waals surface area contributed by atoms with Crippen molar-refractivity contribution in [3.8, 4) is 0 Å². The summed E-state index contributed by atoms with van der Waals surface area (Å²) in [5.74, 6) is 1.14. The van der Waals surface area contributed by atoms with E-state index in [4.69, 9.17) is 4.74 Å². The summed E-state index contributed by atoms with van der Waals surface area (Å²) in [6.07, 6.45) is 0.451. The monoisotopic (exact) mass is 193 g/mol. The van der Waals surface area contributed by atoms with E-state index in [9.17, 15) is 0 Å². The molecule has 0 unspecified atom stereocenters. The Morgan fingerprint density at radius 3 is 2.82 bits per heavy atom. The zero-order valence-electron chi connectivity index (χ0n) is 7.24. The van der Waals surface area contributed by atoms with Crippen molar-refractivity contribution in [1.29, 1.82) is 0 Å². The van der Waals surface area contributed by atoms with E-state index < -0.39 is 0 Å². The fourth-order valence-corrected chi connectivity index (χ4v) is 4.38. The van der Waals surface area contributed by atoms with Crippen molar-refractivity contribution in [2.45, 2.75) is 11.4 Å². The minimum absolute atomic E-state index is 0.451. The number of nitrogens with zero attached hydrogens (tertiary/aromatic N) is 1. The number of methoxy groups -OCH3 is 1. The van der Waals surface area contributed by atoms with Crippen LogP contribution in [-0.2, 0) is 4.74 Å². The van der Waals surface area contributed by atoms with E-state index in [1.807, 2.05) is 21.6 Å². The Hall–Kier alpha value is 0.620. The number of hydrogen-bond donors (Lipinski definition) is 0. The zero-order chi connectivity index (χ0) is 8.27. The molecule has 1 aliphatic heterocycles. The fraction of sp³-hybridized carbons (Fsp3) is 1.00. The van der Waals surface area contributed by atoms with Crippen LogP contribution in [0.15, 0.2) is 0 Å². The van der Waals surface area contributed by atoms with E-state index in [-0.39, 0.29) is 0 Å². The first kappa shape index (κ1) is 9.71. The maximum Gasteiger partial charge on any atom is 0.0809 e. The van der Waals surface area contributed by atoms with Crippen molar-refractivity contribution in [2.24, 2.45) is 0 Å². The van der Waals surface area contributed by atoms with Gasteiger partial charge >= 0.3 is 0 Å². The summed E-state index contributed by atoms with van der Waals surface area (Å²) in [7, 11) is 9.90. The molecule has 0 amide bonds. The van der Waals surface area contributed by atoms with Crippen LogP contribution in [0.5, 0.6) is 0 Å². The summed E-state index contributed by atoms with van der Waals surface area (Å²) in [6.45, 7) is 1.12. The molecular formula is C7H15NOS2. The highest BCUT2D eigenvalue weighted by Gasteiger charge is 2.28. The molecule has 1 heterocycles. The van der Waals surface area contributed by atoms with E-state index >= 15 is 0 Å². The summed E-state index contributed by atoms with van der Waals surface area (Å²) in [4.78, 5) is 2.22. The average molecular weight is 193 g/mol. The van der Waals surface area contributed by atoms with Gasteiger partial charge in [-0.15, -0.1) is 0 Å². The lowest BCUT2D eigenvalue weighted by molar-refractivity contribution is 0.114. The Kier molecular flexibility index (Phi) is 4.06. The molecule has 2 atom stereocenters. The molecule has 1 saturated heterocycles. The standard InChI is InChI=1S/C7H15NOS2/c1-8(2)4-7-6(9-3)5-10-11-7/h6-7H,4-5H2,1-3H3/t6-,7-/m0/s1. The van der Waals surface area contributed by atoms with Gasteiger partial charge in [0.05, 0.1) is 11.4 Å². The third-order valence-electron chi connectivity index (χ3n) is 1.69. The molecule has 0 radical (unpaired) electrons. The van der Waals surface area contributed by atoms with Gasteiger partial charge in [-0.25, -0.2) is 0 Å². The Morgan fingerprint density at radius 1 is 1.55 bits per heavy atom. The lowest BCUT2D eigenvalue weighted by Crippen LogP contribution is -2.32. The van der Waals surface area contributed by atoms with Crippen molar-refractivity contribution in [3.63, 3.8) is 0 Å². The van der Waals surface area contributed by atoms with E-state index in [0.29, 0.717) is 11.4 Å². The van der Waals surface area contributed by atoms with Crippen LogP contribution < -0.4 is 0 Å². The molecule has 4 heteroatoms. The van der Waals surface area contributed by atoms with Crippen molar-refractivity contribution < 1.29 is 4.74 Å². The minimum Gasteiger partial charge on any atom is -0.379 e. The first-order valence-corrected chi connectivity index (χ1v) is 6.08. The Labute approximate surface area is 76.4 Å². The lowest BCUT2D eigenvalue weighted by Gasteiger charge is -2.19. The molecule has 66 valence electrons. The van der Waals surface area contributed by atoms with E-state index in [1.165, 1.54) is 0 Å². The van der Waals surface area contributed by atoms with Gasteiger partial charge in [0.15, 0.2) is 0 Å². The zero-order valence-corrected chi connectivity index (χ0v) is 8.87. The third kappa shape index (κ3) is 2.86. The fourth-order valence-electron chi connectivity index (χ4n) is 1.09. The molecule has 0 saturated carbocycles. The van der Waals surface area contributed by atoms with Crippen LogP contribution in [0.4, 0.5) is 0 Å². The first-order chi connectivity index (χ1) is 5.24. The SMILES string of the molecule is CO[C@H]1CSS[C@H]1CN(C)C. The summed E-state index contributed by atoms with van der Waals surface area (Å²) in [5.41, 5.74) is 0. The highest BCUT2D eigenvalue weighted by molar-refractivity contribution is 8.77. The number of rotatable bonds is 3. The first-order valence-electron chi connectivity index (χ1n) is 3.70. The molecule has 2 nitrogen and oxygen atoms in total. The summed E-state index contributed by atoms with van der Waals surface area (Å²) >= 11 is 0. The third-order valence-corrected chi connectivity index (χ3v) is 4.55. The van der Waals surface area contributed by atoms with Gasteiger partial charge in [-0.3, -0.25) is 0 Å².